The molecule has 0 spiro atoms. The highest BCUT2D eigenvalue weighted by molar-refractivity contribution is 5.29. The van der Waals surface area contributed by atoms with Crippen LogP contribution in [-0.2, 0) is 6.42 Å². The first-order valence-corrected chi connectivity index (χ1v) is 3.96. The molecule has 1 aromatic carbocycles. The molecular formula is C11H11N. The van der Waals surface area contributed by atoms with E-state index < -0.39 is 0 Å². The minimum atomic E-state index is 0.744. The lowest BCUT2D eigenvalue weighted by Crippen LogP contribution is -1.86. The summed E-state index contributed by atoms with van der Waals surface area (Å²) < 4.78 is 0. The minimum Gasteiger partial charge on any atom is -0.193 e. The first-order valence-electron chi connectivity index (χ1n) is 3.96. The first kappa shape index (κ1) is 8.55. The van der Waals surface area contributed by atoms with Crippen molar-refractivity contribution in [3.63, 3.8) is 0 Å². The van der Waals surface area contributed by atoms with Crippen molar-refractivity contribution in [1.29, 1.82) is 5.26 Å². The molecule has 0 fully saturated rings. The molecule has 0 saturated carbocycles. The summed E-state index contributed by atoms with van der Waals surface area (Å²) in [6, 6.07) is 12.2. The van der Waals surface area contributed by atoms with Gasteiger partial charge in [0.05, 0.1) is 6.07 Å². The molecule has 0 atom stereocenters. The lowest BCUT2D eigenvalue weighted by Gasteiger charge is -1.97. The zero-order chi connectivity index (χ0) is 8.81. The zero-order valence-corrected chi connectivity index (χ0v) is 7.12. The summed E-state index contributed by atoms with van der Waals surface area (Å²) in [6.07, 6.45) is 2.60. The van der Waals surface area contributed by atoms with Crippen LogP contribution in [0.25, 0.3) is 0 Å². The molecule has 1 heteroatoms. The van der Waals surface area contributed by atoms with Gasteiger partial charge in [0.2, 0.25) is 0 Å². The van der Waals surface area contributed by atoms with Gasteiger partial charge in [-0.2, -0.15) is 5.26 Å². The molecule has 0 amide bonds. The second-order valence-electron chi connectivity index (χ2n) is 2.59. The van der Waals surface area contributed by atoms with E-state index in [1.54, 1.807) is 0 Å². The van der Waals surface area contributed by atoms with Crippen molar-refractivity contribution < 1.29 is 0 Å². The van der Waals surface area contributed by atoms with E-state index in [2.05, 4.69) is 6.07 Å². The number of nitriles is 1. The third-order valence-electron chi connectivity index (χ3n) is 1.73. The highest BCUT2D eigenvalue weighted by atomic mass is 14.2. The lowest BCUT2D eigenvalue weighted by molar-refractivity contribution is 1.19. The predicted molar refractivity (Wildman–Crippen MR) is 49.5 cm³/mol. The van der Waals surface area contributed by atoms with Crippen LogP contribution in [0, 0.1) is 11.3 Å². The van der Waals surface area contributed by atoms with Crippen molar-refractivity contribution in [2.24, 2.45) is 0 Å². The number of nitrogens with zero attached hydrogens (tertiary/aromatic N) is 1. The predicted octanol–water partition coefficient (Wildman–Crippen LogP) is 2.70. The van der Waals surface area contributed by atoms with Crippen molar-refractivity contribution in [3.8, 4) is 6.07 Å². The van der Waals surface area contributed by atoms with Gasteiger partial charge in [-0.05, 0) is 12.5 Å². The second kappa shape index (κ2) is 4.35. The van der Waals surface area contributed by atoms with Crippen molar-refractivity contribution in [3.05, 3.63) is 47.5 Å². The Kier molecular flexibility index (Phi) is 3.10. The Balaban J connectivity index is 2.72. The summed E-state index contributed by atoms with van der Waals surface area (Å²) >= 11 is 0. The van der Waals surface area contributed by atoms with E-state index in [1.807, 2.05) is 43.3 Å². The molecule has 1 nitrogen and oxygen atoms in total. The van der Waals surface area contributed by atoms with Crippen LogP contribution < -0.4 is 0 Å². The molecule has 0 saturated heterocycles. The van der Waals surface area contributed by atoms with E-state index in [0.717, 1.165) is 12.0 Å². The first-order chi connectivity index (χ1) is 5.86. The van der Waals surface area contributed by atoms with E-state index in [9.17, 15) is 0 Å². The molecule has 12 heavy (non-hydrogen) atoms. The molecule has 0 unspecified atom stereocenters. The molecule has 1 aromatic rings. The van der Waals surface area contributed by atoms with Crippen LogP contribution in [0.5, 0.6) is 0 Å². The number of allylic oxidation sites excluding steroid dienone is 2. The quantitative estimate of drug-likeness (QED) is 0.605. The number of hydrogen-bond donors (Lipinski definition) is 0. The fourth-order valence-electron chi connectivity index (χ4n) is 1.02. The summed E-state index contributed by atoms with van der Waals surface area (Å²) in [6.45, 7) is 1.89. The van der Waals surface area contributed by atoms with Gasteiger partial charge in [-0.25, -0.2) is 0 Å². The molecule has 0 aliphatic rings. The number of hydrogen-bond acceptors (Lipinski definition) is 1. The van der Waals surface area contributed by atoms with Crippen LogP contribution in [0.15, 0.2) is 42.0 Å². The van der Waals surface area contributed by atoms with Crippen LogP contribution in [-0.4, -0.2) is 0 Å². The Bertz CT molecular complexity index is 304. The largest absolute Gasteiger partial charge is 0.193 e. The Morgan fingerprint density at radius 2 is 2.08 bits per heavy atom. The zero-order valence-electron chi connectivity index (χ0n) is 7.12. The van der Waals surface area contributed by atoms with E-state index >= 15 is 0 Å². The maximum absolute atomic E-state index is 8.67. The van der Waals surface area contributed by atoms with Crippen molar-refractivity contribution in [1.82, 2.24) is 0 Å². The molecule has 0 aliphatic heterocycles. The van der Waals surface area contributed by atoms with Gasteiger partial charge < -0.3 is 0 Å². The fourth-order valence-corrected chi connectivity index (χ4v) is 1.02. The summed E-state index contributed by atoms with van der Waals surface area (Å²) in [4.78, 5) is 0. The van der Waals surface area contributed by atoms with Crippen LogP contribution in [0.3, 0.4) is 0 Å². The monoisotopic (exact) mass is 157 g/mol. The summed E-state index contributed by atoms with van der Waals surface area (Å²) in [5.74, 6) is 0. The van der Waals surface area contributed by atoms with Gasteiger partial charge in [-0.15, -0.1) is 0 Å². The molecule has 0 heterocycles. The van der Waals surface area contributed by atoms with Gasteiger partial charge >= 0.3 is 0 Å². The van der Waals surface area contributed by atoms with Gasteiger partial charge in [0.15, 0.2) is 0 Å². The van der Waals surface area contributed by atoms with Crippen molar-refractivity contribution in [2.45, 2.75) is 13.3 Å². The molecule has 1 rings (SSSR count). The molecule has 60 valence electrons. The van der Waals surface area contributed by atoms with Crippen molar-refractivity contribution >= 4 is 0 Å². The summed E-state index contributed by atoms with van der Waals surface area (Å²) in [5.41, 5.74) is 2.01. The lowest BCUT2D eigenvalue weighted by atomic mass is 10.1. The molecular weight excluding hydrogens is 146 g/mol. The van der Waals surface area contributed by atoms with E-state index in [-0.39, 0.29) is 0 Å². The van der Waals surface area contributed by atoms with E-state index in [0.29, 0.717) is 0 Å². The molecule has 0 radical (unpaired) electrons. The second-order valence-corrected chi connectivity index (χ2v) is 2.59. The van der Waals surface area contributed by atoms with Gasteiger partial charge in [-0.3, -0.25) is 0 Å². The van der Waals surface area contributed by atoms with Crippen LogP contribution in [0.2, 0.25) is 0 Å². The Labute approximate surface area is 73.0 Å². The summed E-state index contributed by atoms with van der Waals surface area (Å²) in [7, 11) is 0. The number of benzene rings is 1. The van der Waals surface area contributed by atoms with Crippen LogP contribution in [0.1, 0.15) is 12.5 Å². The van der Waals surface area contributed by atoms with Gasteiger partial charge in [-0.1, -0.05) is 36.4 Å². The SMILES string of the molecule is C/C=C(\C#N)Cc1ccccc1. The van der Waals surface area contributed by atoms with Gasteiger partial charge in [0, 0.05) is 12.0 Å². The maximum Gasteiger partial charge on any atom is 0.0947 e. The third kappa shape index (κ3) is 2.25. The topological polar surface area (TPSA) is 23.8 Å². The fraction of sp³-hybridized carbons (Fsp3) is 0.182. The smallest absolute Gasteiger partial charge is 0.0947 e. The van der Waals surface area contributed by atoms with Crippen LogP contribution in [0.4, 0.5) is 0 Å². The molecule has 0 bridgehead atoms. The van der Waals surface area contributed by atoms with Crippen LogP contribution >= 0.6 is 0 Å². The molecule has 0 aliphatic carbocycles. The van der Waals surface area contributed by atoms with E-state index in [1.165, 1.54) is 5.56 Å². The average Bonchev–Trinajstić information content (AvgIpc) is 2.16. The Hall–Kier alpha value is -1.55. The standard InChI is InChI=1S/C11H11N/c1-2-10(9-12)8-11-6-4-3-5-7-11/h2-7H,8H2,1H3/b10-2-. The average molecular weight is 157 g/mol. The van der Waals surface area contributed by atoms with E-state index in [4.69, 9.17) is 5.26 Å². The third-order valence-corrected chi connectivity index (χ3v) is 1.73. The maximum atomic E-state index is 8.67. The number of rotatable bonds is 2. The van der Waals surface area contributed by atoms with Gasteiger partial charge in [0.25, 0.3) is 0 Å². The Morgan fingerprint density at radius 1 is 1.42 bits per heavy atom. The van der Waals surface area contributed by atoms with Gasteiger partial charge in [0.1, 0.15) is 0 Å². The highest BCUT2D eigenvalue weighted by Gasteiger charge is 1.94. The minimum absolute atomic E-state index is 0.744. The molecule has 0 aromatic heterocycles. The highest BCUT2D eigenvalue weighted by Crippen LogP contribution is 2.06. The van der Waals surface area contributed by atoms with Crippen molar-refractivity contribution in [2.75, 3.05) is 0 Å². The normalized spacial score (nSPS) is 10.8. The molecule has 0 N–H and O–H groups in total. The summed E-state index contributed by atoms with van der Waals surface area (Å²) in [5, 5.41) is 8.67. The Morgan fingerprint density at radius 3 is 2.58 bits per heavy atom.